The zero-order valence-corrected chi connectivity index (χ0v) is 12.1. The number of nitrogens with zero attached hydrogens (tertiary/aromatic N) is 1. The molecule has 0 unspecified atom stereocenters. The first kappa shape index (κ1) is 17.4. The van der Waals surface area contributed by atoms with Gasteiger partial charge >= 0.3 is 12.1 Å². The maximum atomic E-state index is 12.7. The standard InChI is InChI=1S/C14H15ClF3NO2/c1-2-7-19(9-14(16,17)18)12-8-11(15)5-3-10(12)4-6-13(20)21/h3-6,8H,2,7,9H2,1H3,(H,20,21)/b6-4+. The second-order valence-electron chi connectivity index (χ2n) is 4.41. The first-order valence-corrected chi connectivity index (χ1v) is 6.63. The molecule has 0 aliphatic heterocycles. The van der Waals surface area contributed by atoms with E-state index in [1.807, 2.05) is 0 Å². The summed E-state index contributed by atoms with van der Waals surface area (Å²) in [5.41, 5.74) is 0.638. The minimum atomic E-state index is -4.36. The summed E-state index contributed by atoms with van der Waals surface area (Å²) in [5.74, 6) is -1.17. The molecule has 116 valence electrons. The molecule has 0 bridgehead atoms. The molecule has 0 spiro atoms. The Morgan fingerprint density at radius 3 is 2.62 bits per heavy atom. The van der Waals surface area contributed by atoms with Crippen molar-refractivity contribution in [2.45, 2.75) is 19.5 Å². The van der Waals surface area contributed by atoms with Gasteiger partial charge in [0, 0.05) is 23.3 Å². The second kappa shape index (κ2) is 7.36. The van der Waals surface area contributed by atoms with Crippen LogP contribution in [0.4, 0.5) is 18.9 Å². The van der Waals surface area contributed by atoms with Crippen LogP contribution in [0.25, 0.3) is 6.08 Å². The number of benzene rings is 1. The zero-order valence-electron chi connectivity index (χ0n) is 11.3. The molecular formula is C14H15ClF3NO2. The number of anilines is 1. The Hall–Kier alpha value is -1.69. The van der Waals surface area contributed by atoms with Gasteiger partial charge in [-0.15, -0.1) is 0 Å². The normalized spacial score (nSPS) is 11.9. The Balaban J connectivity index is 3.21. The van der Waals surface area contributed by atoms with E-state index in [9.17, 15) is 18.0 Å². The quantitative estimate of drug-likeness (QED) is 0.798. The van der Waals surface area contributed by atoms with Gasteiger partial charge in [0.05, 0.1) is 0 Å². The molecule has 0 fully saturated rings. The third-order valence-corrected chi connectivity index (χ3v) is 2.84. The summed E-state index contributed by atoms with van der Waals surface area (Å²) < 4.78 is 38.0. The number of halogens is 4. The molecule has 0 atom stereocenters. The first-order chi connectivity index (χ1) is 9.73. The predicted octanol–water partition coefficient (Wildman–Crippen LogP) is 4.22. The van der Waals surface area contributed by atoms with E-state index in [4.69, 9.17) is 16.7 Å². The lowest BCUT2D eigenvalue weighted by molar-refractivity contribution is -0.131. The van der Waals surface area contributed by atoms with Crippen molar-refractivity contribution >= 4 is 29.3 Å². The van der Waals surface area contributed by atoms with Crippen molar-refractivity contribution in [1.29, 1.82) is 0 Å². The summed E-state index contributed by atoms with van der Waals surface area (Å²) in [5, 5.41) is 8.93. The number of carboxylic acids is 1. The fourth-order valence-corrected chi connectivity index (χ4v) is 2.03. The summed E-state index contributed by atoms with van der Waals surface area (Å²) in [6.45, 7) is 0.837. The van der Waals surface area contributed by atoms with Crippen LogP contribution in [0, 0.1) is 0 Å². The van der Waals surface area contributed by atoms with Gasteiger partial charge < -0.3 is 10.0 Å². The number of aliphatic carboxylic acids is 1. The molecule has 7 heteroatoms. The highest BCUT2D eigenvalue weighted by Crippen LogP contribution is 2.29. The topological polar surface area (TPSA) is 40.5 Å². The van der Waals surface area contributed by atoms with E-state index in [2.05, 4.69) is 0 Å². The second-order valence-corrected chi connectivity index (χ2v) is 4.85. The Morgan fingerprint density at radius 2 is 2.10 bits per heavy atom. The molecule has 1 N–H and O–H groups in total. The molecule has 0 radical (unpaired) electrons. The number of carboxylic acid groups (broad SMARTS) is 1. The van der Waals surface area contributed by atoms with Gasteiger partial charge in [0.2, 0.25) is 0 Å². The van der Waals surface area contributed by atoms with Crippen LogP contribution < -0.4 is 4.90 Å². The molecule has 3 nitrogen and oxygen atoms in total. The molecule has 0 aromatic heterocycles. The Morgan fingerprint density at radius 1 is 1.43 bits per heavy atom. The molecule has 1 aromatic carbocycles. The van der Waals surface area contributed by atoms with Crippen molar-refractivity contribution in [2.75, 3.05) is 18.0 Å². The summed E-state index contributed by atoms with van der Waals surface area (Å²) >= 11 is 5.85. The van der Waals surface area contributed by atoms with Crippen molar-refractivity contribution < 1.29 is 23.1 Å². The van der Waals surface area contributed by atoms with Gasteiger partial charge in [-0.25, -0.2) is 4.79 Å². The fourth-order valence-electron chi connectivity index (χ4n) is 1.86. The van der Waals surface area contributed by atoms with Crippen LogP contribution in [0.3, 0.4) is 0 Å². The summed E-state index contributed by atoms with van der Waals surface area (Å²) in [6.07, 6.45) is -1.70. The van der Waals surface area contributed by atoms with Gasteiger partial charge in [0.25, 0.3) is 0 Å². The largest absolute Gasteiger partial charge is 0.478 e. The van der Waals surface area contributed by atoms with Gasteiger partial charge in [0.15, 0.2) is 0 Å². The Kier molecular flexibility index (Phi) is 6.08. The molecule has 0 aliphatic rings. The number of hydrogen-bond acceptors (Lipinski definition) is 2. The third-order valence-electron chi connectivity index (χ3n) is 2.60. The van der Waals surface area contributed by atoms with Gasteiger partial charge in [-0.3, -0.25) is 0 Å². The first-order valence-electron chi connectivity index (χ1n) is 6.25. The number of hydrogen-bond donors (Lipinski definition) is 1. The van der Waals surface area contributed by atoms with Gasteiger partial charge in [-0.1, -0.05) is 24.6 Å². The number of carbonyl (C=O) groups is 1. The van der Waals surface area contributed by atoms with E-state index in [1.54, 1.807) is 6.92 Å². The molecule has 0 aliphatic carbocycles. The molecule has 0 saturated carbocycles. The van der Waals surface area contributed by atoms with E-state index >= 15 is 0 Å². The van der Waals surface area contributed by atoms with Crippen LogP contribution in [0.5, 0.6) is 0 Å². The van der Waals surface area contributed by atoms with Gasteiger partial charge in [-0.2, -0.15) is 13.2 Å². The highest BCUT2D eigenvalue weighted by Gasteiger charge is 2.31. The molecule has 1 rings (SSSR count). The molecular weight excluding hydrogens is 307 g/mol. The maximum absolute atomic E-state index is 12.7. The minimum absolute atomic E-state index is 0.188. The molecule has 1 aromatic rings. The van der Waals surface area contributed by atoms with E-state index in [0.717, 1.165) is 11.0 Å². The molecule has 21 heavy (non-hydrogen) atoms. The minimum Gasteiger partial charge on any atom is -0.478 e. The molecule has 0 amide bonds. The van der Waals surface area contributed by atoms with Crippen molar-refractivity contribution in [3.63, 3.8) is 0 Å². The Labute approximate surface area is 125 Å². The van der Waals surface area contributed by atoms with Crippen LogP contribution in [-0.4, -0.2) is 30.3 Å². The van der Waals surface area contributed by atoms with Crippen molar-refractivity contribution in [3.8, 4) is 0 Å². The maximum Gasteiger partial charge on any atom is 0.405 e. The summed E-state index contributed by atoms with van der Waals surface area (Å²) in [6, 6.07) is 4.41. The third kappa shape index (κ3) is 6.08. The van der Waals surface area contributed by atoms with Crippen molar-refractivity contribution in [2.24, 2.45) is 0 Å². The van der Waals surface area contributed by atoms with Crippen LogP contribution in [0.2, 0.25) is 5.02 Å². The van der Waals surface area contributed by atoms with E-state index in [1.165, 1.54) is 24.3 Å². The van der Waals surface area contributed by atoms with E-state index < -0.39 is 18.7 Å². The van der Waals surface area contributed by atoms with Crippen molar-refractivity contribution in [3.05, 3.63) is 34.9 Å². The van der Waals surface area contributed by atoms with Crippen molar-refractivity contribution in [1.82, 2.24) is 0 Å². The SMILES string of the molecule is CCCN(CC(F)(F)F)c1cc(Cl)ccc1/C=C/C(=O)O. The van der Waals surface area contributed by atoms with E-state index in [-0.39, 0.29) is 12.2 Å². The van der Waals surface area contributed by atoms with Crippen LogP contribution in [0.1, 0.15) is 18.9 Å². The predicted molar refractivity (Wildman–Crippen MR) is 76.7 cm³/mol. The lowest BCUT2D eigenvalue weighted by Gasteiger charge is -2.27. The lowest BCUT2D eigenvalue weighted by atomic mass is 10.1. The highest BCUT2D eigenvalue weighted by molar-refractivity contribution is 6.31. The number of alkyl halides is 3. The zero-order chi connectivity index (χ0) is 16.0. The Bertz CT molecular complexity index is 529. The fraction of sp³-hybridized carbons (Fsp3) is 0.357. The van der Waals surface area contributed by atoms with E-state index in [0.29, 0.717) is 17.0 Å². The van der Waals surface area contributed by atoms with Gasteiger partial charge in [-0.05, 0) is 30.2 Å². The summed E-state index contributed by atoms with van der Waals surface area (Å²) in [7, 11) is 0. The summed E-state index contributed by atoms with van der Waals surface area (Å²) in [4.78, 5) is 11.7. The lowest BCUT2D eigenvalue weighted by Crippen LogP contribution is -2.35. The smallest absolute Gasteiger partial charge is 0.405 e. The monoisotopic (exact) mass is 321 g/mol. The highest BCUT2D eigenvalue weighted by atomic mass is 35.5. The van der Waals surface area contributed by atoms with Crippen LogP contribution >= 0.6 is 11.6 Å². The average Bonchev–Trinajstić information content (AvgIpc) is 2.35. The molecule has 0 heterocycles. The molecule has 0 saturated heterocycles. The van der Waals surface area contributed by atoms with Crippen LogP contribution in [-0.2, 0) is 4.79 Å². The van der Waals surface area contributed by atoms with Crippen LogP contribution in [0.15, 0.2) is 24.3 Å². The van der Waals surface area contributed by atoms with Gasteiger partial charge in [0.1, 0.15) is 6.54 Å². The average molecular weight is 322 g/mol. The number of rotatable bonds is 6.